The van der Waals surface area contributed by atoms with Gasteiger partial charge >= 0.3 is 0 Å². The molecule has 0 fully saturated rings. The number of rotatable bonds is 5. The van der Waals surface area contributed by atoms with E-state index in [9.17, 15) is 0 Å². The Kier molecular flexibility index (Phi) is 5.27. The summed E-state index contributed by atoms with van der Waals surface area (Å²) in [6, 6.07) is 8.61. The van der Waals surface area contributed by atoms with Crippen molar-refractivity contribution < 1.29 is 5.11 Å². The first-order chi connectivity index (χ1) is 7.63. The van der Waals surface area contributed by atoms with Gasteiger partial charge in [0, 0.05) is 6.61 Å². The summed E-state index contributed by atoms with van der Waals surface area (Å²) in [5, 5.41) is 8.91. The first-order valence-electron chi connectivity index (χ1n) is 6.01. The highest BCUT2D eigenvalue weighted by molar-refractivity contribution is 5.50. The maximum Gasteiger partial charge on any atom is 0.0459 e. The monoisotopic (exact) mass is 218 g/mol. The molecule has 0 bridgehead atoms. The quantitative estimate of drug-likeness (QED) is 0.796. The molecular formula is C15H22O. The smallest absolute Gasteiger partial charge is 0.0459 e. The van der Waals surface area contributed by atoms with Crippen LogP contribution >= 0.6 is 0 Å². The van der Waals surface area contributed by atoms with Gasteiger partial charge in [0.2, 0.25) is 0 Å². The van der Waals surface area contributed by atoms with Crippen LogP contribution in [-0.4, -0.2) is 11.7 Å². The number of allylic oxidation sites excluding steroid dienone is 1. The van der Waals surface area contributed by atoms with Gasteiger partial charge in [-0.3, -0.25) is 0 Å². The van der Waals surface area contributed by atoms with E-state index in [1.54, 1.807) is 0 Å². The van der Waals surface area contributed by atoms with Gasteiger partial charge in [0.15, 0.2) is 0 Å². The minimum atomic E-state index is 0.260. The number of hydrogen-bond acceptors (Lipinski definition) is 1. The third-order valence-electron chi connectivity index (χ3n) is 2.74. The van der Waals surface area contributed by atoms with Crippen molar-refractivity contribution in [3.05, 3.63) is 41.5 Å². The molecule has 88 valence electrons. The molecule has 1 aromatic rings. The van der Waals surface area contributed by atoms with Crippen molar-refractivity contribution in [2.24, 2.45) is 5.92 Å². The van der Waals surface area contributed by atoms with E-state index in [-0.39, 0.29) is 6.61 Å². The van der Waals surface area contributed by atoms with Crippen LogP contribution in [0.5, 0.6) is 0 Å². The fourth-order valence-corrected chi connectivity index (χ4v) is 1.53. The molecule has 16 heavy (non-hydrogen) atoms. The summed E-state index contributed by atoms with van der Waals surface area (Å²) < 4.78 is 0. The van der Waals surface area contributed by atoms with E-state index in [4.69, 9.17) is 5.11 Å². The van der Waals surface area contributed by atoms with Crippen LogP contribution in [-0.2, 0) is 0 Å². The molecular weight excluding hydrogens is 196 g/mol. The van der Waals surface area contributed by atoms with Gasteiger partial charge in [0.25, 0.3) is 0 Å². The minimum absolute atomic E-state index is 0.260. The van der Waals surface area contributed by atoms with Gasteiger partial charge in [-0.1, -0.05) is 57.2 Å². The molecule has 0 aliphatic carbocycles. The number of aliphatic hydroxyl groups excluding tert-OH is 1. The molecule has 0 unspecified atom stereocenters. The number of hydrogen-bond donors (Lipinski definition) is 1. The molecule has 1 rings (SSSR count). The Hall–Kier alpha value is -1.08. The maximum atomic E-state index is 8.91. The van der Waals surface area contributed by atoms with Crippen molar-refractivity contribution in [2.75, 3.05) is 6.61 Å². The lowest BCUT2D eigenvalue weighted by atomic mass is 10.0. The van der Waals surface area contributed by atoms with Gasteiger partial charge in [-0.05, 0) is 29.4 Å². The van der Waals surface area contributed by atoms with Crippen LogP contribution < -0.4 is 0 Å². The van der Waals surface area contributed by atoms with Crippen LogP contribution in [0.1, 0.15) is 44.2 Å². The largest absolute Gasteiger partial charge is 0.396 e. The summed E-state index contributed by atoms with van der Waals surface area (Å²) in [5.41, 5.74) is 2.62. The highest BCUT2D eigenvalue weighted by Crippen LogP contribution is 2.16. The zero-order valence-corrected chi connectivity index (χ0v) is 10.5. The summed E-state index contributed by atoms with van der Waals surface area (Å²) >= 11 is 0. The molecule has 1 N–H and O–H groups in total. The zero-order chi connectivity index (χ0) is 12.0. The standard InChI is InChI=1S/C15H22O/c1-12(2)15-9-5-8-14(10-15)7-4-6-13(3)11-16/h4-5,7-10,12-13,16H,6,11H2,1-3H3/t13-/m1/s1. The van der Waals surface area contributed by atoms with Gasteiger partial charge < -0.3 is 5.11 Å². The Labute approximate surface area is 98.8 Å². The molecule has 0 spiro atoms. The summed E-state index contributed by atoms with van der Waals surface area (Å²) in [4.78, 5) is 0. The Balaban J connectivity index is 2.63. The Morgan fingerprint density at radius 2 is 2.00 bits per heavy atom. The van der Waals surface area contributed by atoms with Gasteiger partial charge in [0.1, 0.15) is 0 Å². The van der Waals surface area contributed by atoms with E-state index in [0.717, 1.165) is 6.42 Å². The molecule has 1 atom stereocenters. The number of aliphatic hydroxyl groups is 1. The van der Waals surface area contributed by atoms with Crippen LogP contribution in [0.3, 0.4) is 0 Å². The third-order valence-corrected chi connectivity index (χ3v) is 2.74. The van der Waals surface area contributed by atoms with E-state index < -0.39 is 0 Å². The molecule has 0 aliphatic rings. The first-order valence-corrected chi connectivity index (χ1v) is 6.01. The van der Waals surface area contributed by atoms with Gasteiger partial charge in [-0.25, -0.2) is 0 Å². The zero-order valence-electron chi connectivity index (χ0n) is 10.5. The van der Waals surface area contributed by atoms with Crippen LogP contribution in [0.25, 0.3) is 6.08 Å². The Morgan fingerprint density at radius 3 is 2.62 bits per heavy atom. The van der Waals surface area contributed by atoms with Crippen LogP contribution in [0.4, 0.5) is 0 Å². The van der Waals surface area contributed by atoms with E-state index in [1.165, 1.54) is 11.1 Å². The van der Waals surface area contributed by atoms with Crippen molar-refractivity contribution in [3.63, 3.8) is 0 Å². The van der Waals surface area contributed by atoms with Gasteiger partial charge in [-0.15, -0.1) is 0 Å². The van der Waals surface area contributed by atoms with E-state index in [2.05, 4.69) is 57.2 Å². The van der Waals surface area contributed by atoms with Crippen molar-refractivity contribution in [2.45, 2.75) is 33.1 Å². The molecule has 1 nitrogen and oxygen atoms in total. The highest BCUT2D eigenvalue weighted by Gasteiger charge is 1.98. The average Bonchev–Trinajstić information content (AvgIpc) is 2.29. The Morgan fingerprint density at radius 1 is 1.25 bits per heavy atom. The molecule has 0 amide bonds. The van der Waals surface area contributed by atoms with Gasteiger partial charge in [0.05, 0.1) is 0 Å². The lowest BCUT2D eigenvalue weighted by Crippen LogP contribution is -1.97. The second-order valence-electron chi connectivity index (χ2n) is 4.75. The molecule has 0 aromatic heterocycles. The number of benzene rings is 1. The summed E-state index contributed by atoms with van der Waals surface area (Å²) in [6.07, 6.45) is 5.21. The fraction of sp³-hybridized carbons (Fsp3) is 0.467. The van der Waals surface area contributed by atoms with Gasteiger partial charge in [-0.2, -0.15) is 0 Å². The van der Waals surface area contributed by atoms with E-state index in [1.807, 2.05) is 0 Å². The molecule has 0 saturated carbocycles. The third kappa shape index (κ3) is 4.19. The van der Waals surface area contributed by atoms with Crippen molar-refractivity contribution in [1.82, 2.24) is 0 Å². The van der Waals surface area contributed by atoms with Crippen molar-refractivity contribution in [1.29, 1.82) is 0 Å². The molecule has 0 saturated heterocycles. The second kappa shape index (κ2) is 6.49. The SMILES string of the molecule is CC(C)c1cccc(C=CC[C@@H](C)CO)c1. The fourth-order valence-electron chi connectivity index (χ4n) is 1.53. The average molecular weight is 218 g/mol. The summed E-state index contributed by atoms with van der Waals surface area (Å²) in [6.45, 7) is 6.72. The molecule has 0 heterocycles. The molecule has 1 aromatic carbocycles. The van der Waals surface area contributed by atoms with Crippen LogP contribution in [0, 0.1) is 5.92 Å². The van der Waals surface area contributed by atoms with Crippen molar-refractivity contribution in [3.8, 4) is 0 Å². The first kappa shape index (κ1) is 13.0. The predicted octanol–water partition coefficient (Wildman–Crippen LogP) is 3.84. The molecule has 0 radical (unpaired) electrons. The Bertz CT molecular complexity index is 339. The summed E-state index contributed by atoms with van der Waals surface area (Å²) in [7, 11) is 0. The van der Waals surface area contributed by atoms with E-state index >= 15 is 0 Å². The lowest BCUT2D eigenvalue weighted by Gasteiger charge is -2.06. The second-order valence-corrected chi connectivity index (χ2v) is 4.75. The maximum absolute atomic E-state index is 8.91. The molecule has 0 aliphatic heterocycles. The van der Waals surface area contributed by atoms with E-state index in [0.29, 0.717) is 11.8 Å². The minimum Gasteiger partial charge on any atom is -0.396 e. The highest BCUT2D eigenvalue weighted by atomic mass is 16.3. The van der Waals surface area contributed by atoms with Crippen LogP contribution in [0.15, 0.2) is 30.3 Å². The van der Waals surface area contributed by atoms with Crippen molar-refractivity contribution >= 4 is 6.08 Å². The predicted molar refractivity (Wildman–Crippen MR) is 70.4 cm³/mol. The normalized spacial score (nSPS) is 13.6. The molecule has 1 heteroatoms. The topological polar surface area (TPSA) is 20.2 Å². The van der Waals surface area contributed by atoms with Crippen LogP contribution in [0.2, 0.25) is 0 Å². The summed E-state index contributed by atoms with van der Waals surface area (Å²) in [5.74, 6) is 0.925. The lowest BCUT2D eigenvalue weighted by molar-refractivity contribution is 0.239.